The Morgan fingerprint density at radius 3 is 2.74 bits per heavy atom. The van der Waals surface area contributed by atoms with Crippen LogP contribution in [0.4, 0.5) is 5.69 Å². The average Bonchev–Trinajstić information content (AvgIpc) is 2.43. The van der Waals surface area contributed by atoms with Crippen LogP contribution >= 0.6 is 11.6 Å². The highest BCUT2D eigenvalue weighted by molar-refractivity contribution is 6.18. The van der Waals surface area contributed by atoms with Crippen molar-refractivity contribution >= 4 is 23.2 Å². The summed E-state index contributed by atoms with van der Waals surface area (Å²) < 4.78 is 5.20. The Morgan fingerprint density at radius 2 is 2.21 bits per heavy atom. The van der Waals surface area contributed by atoms with Crippen molar-refractivity contribution in [2.24, 2.45) is 0 Å². The Bertz CT molecular complexity index is 438. The van der Waals surface area contributed by atoms with Crippen LogP contribution in [0.15, 0.2) is 18.2 Å². The molecule has 0 aliphatic carbocycles. The van der Waals surface area contributed by atoms with E-state index in [2.05, 4.69) is 5.32 Å². The smallest absolute Gasteiger partial charge is 0.253 e. The Balaban J connectivity index is 2.93. The summed E-state index contributed by atoms with van der Waals surface area (Å²) in [5.74, 6) is 0.659. The number of anilines is 1. The van der Waals surface area contributed by atoms with Crippen LogP contribution in [0.2, 0.25) is 0 Å². The number of aliphatic hydroxyl groups is 1. The lowest BCUT2D eigenvalue weighted by molar-refractivity contribution is 0.0827. The van der Waals surface area contributed by atoms with Gasteiger partial charge >= 0.3 is 0 Å². The fourth-order valence-electron chi connectivity index (χ4n) is 1.52. The van der Waals surface area contributed by atoms with Crippen LogP contribution in [-0.4, -0.2) is 55.6 Å². The van der Waals surface area contributed by atoms with Crippen molar-refractivity contribution in [2.45, 2.75) is 6.10 Å². The fourth-order valence-corrected chi connectivity index (χ4v) is 1.63. The zero-order chi connectivity index (χ0) is 14.4. The van der Waals surface area contributed by atoms with Crippen LogP contribution in [0.5, 0.6) is 5.75 Å². The maximum absolute atomic E-state index is 11.9. The van der Waals surface area contributed by atoms with Gasteiger partial charge in [-0.25, -0.2) is 0 Å². The van der Waals surface area contributed by atoms with Gasteiger partial charge in [-0.3, -0.25) is 4.79 Å². The largest absolute Gasteiger partial charge is 0.495 e. The maximum atomic E-state index is 11.9. The molecule has 106 valence electrons. The van der Waals surface area contributed by atoms with Gasteiger partial charge in [-0.2, -0.15) is 0 Å². The minimum absolute atomic E-state index is 0.0939. The van der Waals surface area contributed by atoms with Gasteiger partial charge in [-0.1, -0.05) is 0 Å². The Morgan fingerprint density at radius 1 is 1.53 bits per heavy atom. The highest BCUT2D eigenvalue weighted by Crippen LogP contribution is 2.25. The van der Waals surface area contributed by atoms with E-state index < -0.39 is 6.10 Å². The zero-order valence-electron chi connectivity index (χ0n) is 11.3. The molecule has 0 aliphatic rings. The second-order valence-electron chi connectivity index (χ2n) is 4.30. The number of nitrogens with zero attached hydrogens (tertiary/aromatic N) is 1. The number of hydrogen-bond donors (Lipinski definition) is 2. The van der Waals surface area contributed by atoms with Gasteiger partial charge in [-0.05, 0) is 18.2 Å². The Labute approximate surface area is 118 Å². The lowest BCUT2D eigenvalue weighted by Gasteiger charge is -2.16. The van der Waals surface area contributed by atoms with E-state index in [4.69, 9.17) is 16.3 Å². The first-order valence-electron chi connectivity index (χ1n) is 5.87. The quantitative estimate of drug-likeness (QED) is 0.776. The van der Waals surface area contributed by atoms with Crippen molar-refractivity contribution in [3.05, 3.63) is 23.8 Å². The van der Waals surface area contributed by atoms with Crippen molar-refractivity contribution in [3.63, 3.8) is 0 Å². The SMILES string of the molecule is COc1ccc(C(=O)N(C)C)cc1NCC(O)CCl. The number of methoxy groups -OCH3 is 1. The summed E-state index contributed by atoms with van der Waals surface area (Å²) in [7, 11) is 4.93. The molecular weight excluding hydrogens is 268 g/mol. The number of benzene rings is 1. The standard InChI is InChI=1S/C13H19ClN2O3/c1-16(2)13(18)9-4-5-12(19-3)11(6-9)15-8-10(17)7-14/h4-6,10,15,17H,7-8H2,1-3H3. The zero-order valence-corrected chi connectivity index (χ0v) is 12.1. The molecule has 0 bridgehead atoms. The molecule has 0 aromatic heterocycles. The molecule has 0 aliphatic heterocycles. The van der Waals surface area contributed by atoms with E-state index in [-0.39, 0.29) is 11.8 Å². The van der Waals surface area contributed by atoms with Gasteiger partial charge in [-0.15, -0.1) is 11.6 Å². The van der Waals surface area contributed by atoms with Crippen LogP contribution < -0.4 is 10.1 Å². The minimum atomic E-state index is -0.653. The van der Waals surface area contributed by atoms with Gasteiger partial charge in [0.25, 0.3) is 5.91 Å². The topological polar surface area (TPSA) is 61.8 Å². The van der Waals surface area contributed by atoms with E-state index in [9.17, 15) is 9.90 Å². The number of carbonyl (C=O) groups is 1. The number of rotatable bonds is 6. The van der Waals surface area contributed by atoms with E-state index >= 15 is 0 Å². The van der Waals surface area contributed by atoms with Crippen LogP contribution in [0.1, 0.15) is 10.4 Å². The Hall–Kier alpha value is -1.46. The lowest BCUT2D eigenvalue weighted by atomic mass is 10.1. The molecule has 1 aromatic carbocycles. The molecule has 1 rings (SSSR count). The first kappa shape index (κ1) is 15.6. The molecule has 0 heterocycles. The lowest BCUT2D eigenvalue weighted by Crippen LogP contribution is -2.23. The van der Waals surface area contributed by atoms with Gasteiger partial charge in [0.05, 0.1) is 24.8 Å². The number of halogens is 1. The average molecular weight is 287 g/mol. The number of aliphatic hydroxyl groups excluding tert-OH is 1. The normalized spacial score (nSPS) is 11.8. The number of nitrogens with one attached hydrogen (secondary N) is 1. The van der Waals surface area contributed by atoms with E-state index in [1.165, 1.54) is 4.90 Å². The van der Waals surface area contributed by atoms with Crippen molar-refractivity contribution in [1.82, 2.24) is 4.90 Å². The molecule has 0 fully saturated rings. The number of alkyl halides is 1. The summed E-state index contributed by atoms with van der Waals surface area (Å²) in [5, 5.41) is 12.5. The second kappa shape index (κ2) is 7.21. The summed E-state index contributed by atoms with van der Waals surface area (Å²) >= 11 is 5.53. The number of carbonyl (C=O) groups excluding carboxylic acids is 1. The van der Waals surface area contributed by atoms with Gasteiger partial charge < -0.3 is 20.1 Å². The molecule has 5 nitrogen and oxygen atoms in total. The predicted molar refractivity (Wildman–Crippen MR) is 76.2 cm³/mol. The molecule has 1 atom stereocenters. The number of amides is 1. The van der Waals surface area contributed by atoms with Crippen molar-refractivity contribution in [3.8, 4) is 5.75 Å². The summed E-state index contributed by atoms with van der Waals surface area (Å²) in [5.41, 5.74) is 1.20. The van der Waals surface area contributed by atoms with E-state index in [1.54, 1.807) is 39.4 Å². The maximum Gasteiger partial charge on any atom is 0.253 e. The summed E-state index contributed by atoms with van der Waals surface area (Å²) in [4.78, 5) is 13.4. The van der Waals surface area contributed by atoms with Gasteiger partial charge in [0.1, 0.15) is 5.75 Å². The first-order chi connectivity index (χ1) is 8.99. The molecule has 1 unspecified atom stereocenters. The molecule has 19 heavy (non-hydrogen) atoms. The van der Waals surface area contributed by atoms with Gasteiger partial charge in [0.2, 0.25) is 0 Å². The van der Waals surface area contributed by atoms with Crippen LogP contribution in [0.3, 0.4) is 0 Å². The summed E-state index contributed by atoms with van der Waals surface area (Å²) in [6, 6.07) is 5.11. The molecule has 1 amide bonds. The van der Waals surface area contributed by atoms with E-state index in [0.717, 1.165) is 0 Å². The monoisotopic (exact) mass is 286 g/mol. The van der Waals surface area contributed by atoms with Crippen molar-refractivity contribution < 1.29 is 14.6 Å². The minimum Gasteiger partial charge on any atom is -0.495 e. The van der Waals surface area contributed by atoms with Gasteiger partial charge in [0, 0.05) is 26.2 Å². The Kier molecular flexibility index (Phi) is 5.92. The van der Waals surface area contributed by atoms with Crippen LogP contribution in [0.25, 0.3) is 0 Å². The molecule has 1 aromatic rings. The third-order valence-electron chi connectivity index (χ3n) is 2.56. The third-order valence-corrected chi connectivity index (χ3v) is 2.92. The predicted octanol–water partition coefficient (Wildman–Crippen LogP) is 1.41. The molecule has 0 saturated heterocycles. The van der Waals surface area contributed by atoms with E-state index in [1.807, 2.05) is 0 Å². The summed E-state index contributed by atoms with van der Waals surface area (Å²) in [6.07, 6.45) is -0.653. The third kappa shape index (κ3) is 4.29. The fraction of sp³-hybridized carbons (Fsp3) is 0.462. The van der Waals surface area contributed by atoms with Gasteiger partial charge in [0.15, 0.2) is 0 Å². The molecule has 0 saturated carbocycles. The highest BCUT2D eigenvalue weighted by atomic mass is 35.5. The van der Waals surface area contributed by atoms with Crippen LogP contribution in [-0.2, 0) is 0 Å². The molecule has 6 heteroatoms. The first-order valence-corrected chi connectivity index (χ1v) is 6.40. The molecule has 0 spiro atoms. The number of hydrogen-bond acceptors (Lipinski definition) is 4. The summed E-state index contributed by atoms with van der Waals surface area (Å²) in [6.45, 7) is 0.291. The van der Waals surface area contributed by atoms with Crippen molar-refractivity contribution in [1.29, 1.82) is 0 Å². The van der Waals surface area contributed by atoms with Crippen molar-refractivity contribution in [2.75, 3.05) is 38.9 Å². The van der Waals surface area contributed by atoms with E-state index in [0.29, 0.717) is 23.5 Å². The van der Waals surface area contributed by atoms with Crippen LogP contribution in [0, 0.1) is 0 Å². The highest BCUT2D eigenvalue weighted by Gasteiger charge is 2.12. The number of ether oxygens (including phenoxy) is 1. The second-order valence-corrected chi connectivity index (χ2v) is 4.61. The molecule has 0 radical (unpaired) electrons. The molecular formula is C13H19ClN2O3. The molecule has 2 N–H and O–H groups in total.